The van der Waals surface area contributed by atoms with Gasteiger partial charge in [-0.3, -0.25) is 9.57 Å². The van der Waals surface area contributed by atoms with Crippen molar-refractivity contribution in [3.8, 4) is 0 Å². The van der Waals surface area contributed by atoms with Gasteiger partial charge in [-0.05, 0) is 24.9 Å². The number of β-amino-alcohol motifs (C(OH)–C–C–N with tert-alkyl or cyclic N) is 1. The van der Waals surface area contributed by atoms with Crippen molar-refractivity contribution in [2.75, 3.05) is 33.4 Å². The first-order valence-corrected chi connectivity index (χ1v) is 8.67. The highest BCUT2D eigenvalue weighted by molar-refractivity contribution is 7.13. The molecule has 0 radical (unpaired) electrons. The minimum atomic E-state index is -0.580. The second kappa shape index (κ2) is 6.94. The first kappa shape index (κ1) is 16.4. The molecule has 1 N–H and O–H groups in total. The van der Waals surface area contributed by atoms with Crippen molar-refractivity contribution in [3.05, 3.63) is 35.9 Å². The van der Waals surface area contributed by atoms with Gasteiger partial charge >= 0.3 is 0 Å². The summed E-state index contributed by atoms with van der Waals surface area (Å²) in [6, 6.07) is 11.0. The fraction of sp³-hybridized carbons (Fsp3) is 0.647. The van der Waals surface area contributed by atoms with Crippen LogP contribution in [-0.2, 0) is 4.74 Å². The highest BCUT2D eigenvalue weighted by Gasteiger charge is 2.50. The molecule has 1 aromatic rings. The quantitative estimate of drug-likeness (QED) is 0.842. The number of piperidine rings is 1. The van der Waals surface area contributed by atoms with Crippen molar-refractivity contribution in [1.82, 2.24) is 9.57 Å². The van der Waals surface area contributed by atoms with Gasteiger partial charge in [-0.1, -0.05) is 46.1 Å². The Kier molecular flexibility index (Phi) is 5.16. The third kappa shape index (κ3) is 3.22. The molecule has 22 heavy (non-hydrogen) atoms. The Bertz CT molecular complexity index is 479. The van der Waals surface area contributed by atoms with E-state index in [1.165, 1.54) is 18.4 Å². The second-order valence-electron chi connectivity index (χ2n) is 6.64. The molecule has 2 fully saturated rings. The van der Waals surface area contributed by atoms with Crippen LogP contribution in [0.5, 0.6) is 0 Å². The standard InChI is InChI=1S/C17H27N2O2P/c1-21-11-15(14-7-3-2-4-8-14)19-10-6-5-9-16(19)17(20)12-18(22)13-17/h2-4,7-8,15-16,20H,5-6,9-13,22H2,1H3/t15-,16?/m1/s1. The summed E-state index contributed by atoms with van der Waals surface area (Å²) in [5.74, 6) is 0. The van der Waals surface area contributed by atoms with Crippen molar-refractivity contribution < 1.29 is 9.84 Å². The Morgan fingerprint density at radius 1 is 1.32 bits per heavy atom. The van der Waals surface area contributed by atoms with E-state index in [0.717, 1.165) is 26.1 Å². The summed E-state index contributed by atoms with van der Waals surface area (Å²) in [7, 11) is 4.45. The number of hydrogen-bond acceptors (Lipinski definition) is 4. The summed E-state index contributed by atoms with van der Waals surface area (Å²) in [5.41, 5.74) is 0.699. The number of methoxy groups -OCH3 is 1. The molecule has 2 saturated heterocycles. The molecular weight excluding hydrogens is 295 g/mol. The lowest BCUT2D eigenvalue weighted by Crippen LogP contribution is -2.69. The van der Waals surface area contributed by atoms with Crippen LogP contribution in [0, 0.1) is 0 Å². The molecular formula is C17H27N2O2P. The van der Waals surface area contributed by atoms with Crippen LogP contribution in [0.2, 0.25) is 0 Å². The minimum Gasteiger partial charge on any atom is -0.386 e. The van der Waals surface area contributed by atoms with Gasteiger partial charge in [0.2, 0.25) is 0 Å². The molecule has 5 heteroatoms. The molecule has 0 spiro atoms. The number of ether oxygens (including phenoxy) is 1. The predicted octanol–water partition coefficient (Wildman–Crippen LogP) is 2.07. The maximum absolute atomic E-state index is 11.0. The fourth-order valence-corrected chi connectivity index (χ4v) is 4.62. The lowest BCUT2D eigenvalue weighted by atomic mass is 9.80. The molecule has 2 aliphatic rings. The number of nitrogens with zero attached hydrogens (tertiary/aromatic N) is 2. The molecule has 2 unspecified atom stereocenters. The average Bonchev–Trinajstić information content (AvgIpc) is 2.52. The third-order valence-electron chi connectivity index (χ3n) is 5.03. The summed E-state index contributed by atoms with van der Waals surface area (Å²) in [6.07, 6.45) is 3.47. The van der Waals surface area contributed by atoms with Crippen molar-refractivity contribution in [2.24, 2.45) is 0 Å². The van der Waals surface area contributed by atoms with Gasteiger partial charge in [0.1, 0.15) is 5.60 Å². The molecule has 2 aliphatic heterocycles. The first-order valence-electron chi connectivity index (χ1n) is 8.16. The Morgan fingerprint density at radius 2 is 2.05 bits per heavy atom. The van der Waals surface area contributed by atoms with Crippen LogP contribution in [0.4, 0.5) is 0 Å². The van der Waals surface area contributed by atoms with Gasteiger partial charge in [0.25, 0.3) is 0 Å². The van der Waals surface area contributed by atoms with Crippen LogP contribution in [-0.4, -0.2) is 59.7 Å². The topological polar surface area (TPSA) is 35.9 Å². The zero-order valence-electron chi connectivity index (χ0n) is 13.3. The van der Waals surface area contributed by atoms with E-state index >= 15 is 0 Å². The van der Waals surface area contributed by atoms with Crippen LogP contribution >= 0.6 is 9.39 Å². The molecule has 0 aromatic heterocycles. The van der Waals surface area contributed by atoms with E-state index in [1.807, 2.05) is 6.07 Å². The van der Waals surface area contributed by atoms with Crippen LogP contribution in [0.1, 0.15) is 30.9 Å². The van der Waals surface area contributed by atoms with E-state index in [1.54, 1.807) is 7.11 Å². The number of rotatable bonds is 5. The zero-order chi connectivity index (χ0) is 15.6. The molecule has 0 amide bonds. The summed E-state index contributed by atoms with van der Waals surface area (Å²) >= 11 is 0. The monoisotopic (exact) mass is 322 g/mol. The Morgan fingerprint density at radius 3 is 2.68 bits per heavy atom. The lowest BCUT2D eigenvalue weighted by molar-refractivity contribution is -0.139. The van der Waals surface area contributed by atoms with Gasteiger partial charge in [0.05, 0.1) is 12.6 Å². The van der Waals surface area contributed by atoms with Gasteiger partial charge in [-0.2, -0.15) is 0 Å². The van der Waals surface area contributed by atoms with Gasteiger partial charge in [-0.25, -0.2) is 0 Å². The largest absolute Gasteiger partial charge is 0.386 e. The van der Waals surface area contributed by atoms with Gasteiger partial charge in [0.15, 0.2) is 0 Å². The summed E-state index contributed by atoms with van der Waals surface area (Å²) in [6.45, 7) is 3.19. The van der Waals surface area contributed by atoms with Gasteiger partial charge in [-0.15, -0.1) is 0 Å². The van der Waals surface area contributed by atoms with E-state index in [0.29, 0.717) is 6.61 Å². The van der Waals surface area contributed by atoms with Crippen molar-refractivity contribution in [1.29, 1.82) is 0 Å². The molecule has 0 aliphatic carbocycles. The molecule has 1 aromatic carbocycles. The molecule has 3 atom stereocenters. The Hall–Kier alpha value is -0.510. The molecule has 0 saturated carbocycles. The van der Waals surface area contributed by atoms with Crippen molar-refractivity contribution in [2.45, 2.75) is 36.9 Å². The number of aliphatic hydroxyl groups is 1. The van der Waals surface area contributed by atoms with E-state index in [-0.39, 0.29) is 12.1 Å². The molecule has 122 valence electrons. The van der Waals surface area contributed by atoms with Crippen LogP contribution in [0.15, 0.2) is 30.3 Å². The summed E-state index contributed by atoms with van der Waals surface area (Å²) < 4.78 is 7.62. The van der Waals surface area contributed by atoms with Crippen LogP contribution < -0.4 is 0 Å². The number of hydrogen-bond donors (Lipinski definition) is 1. The Labute approximate surface area is 135 Å². The summed E-state index contributed by atoms with van der Waals surface area (Å²) in [5, 5.41) is 11.0. The molecule has 0 bridgehead atoms. The highest BCUT2D eigenvalue weighted by Crippen LogP contribution is 2.39. The Balaban J connectivity index is 1.84. The number of likely N-dealkylation sites (tertiary alicyclic amines) is 1. The zero-order valence-corrected chi connectivity index (χ0v) is 14.5. The lowest BCUT2D eigenvalue weighted by Gasteiger charge is -2.55. The van der Waals surface area contributed by atoms with E-state index in [9.17, 15) is 5.11 Å². The maximum Gasteiger partial charge on any atom is 0.106 e. The molecule has 3 rings (SSSR count). The SMILES string of the molecule is COC[C@H](c1ccccc1)N1CCCCC1C1(O)CN(P)C1. The fourth-order valence-electron chi connectivity index (χ4n) is 3.99. The molecule has 4 nitrogen and oxygen atoms in total. The predicted molar refractivity (Wildman–Crippen MR) is 91.6 cm³/mol. The average molecular weight is 322 g/mol. The summed E-state index contributed by atoms with van der Waals surface area (Å²) in [4.78, 5) is 2.49. The second-order valence-corrected chi connectivity index (χ2v) is 7.37. The van der Waals surface area contributed by atoms with E-state index in [2.05, 4.69) is 43.2 Å². The minimum absolute atomic E-state index is 0.221. The maximum atomic E-state index is 11.0. The van der Waals surface area contributed by atoms with Crippen LogP contribution in [0.25, 0.3) is 0 Å². The van der Waals surface area contributed by atoms with Crippen LogP contribution in [0.3, 0.4) is 0 Å². The third-order valence-corrected chi connectivity index (χ3v) is 5.39. The van der Waals surface area contributed by atoms with Crippen molar-refractivity contribution in [3.63, 3.8) is 0 Å². The smallest absolute Gasteiger partial charge is 0.106 e. The first-order chi connectivity index (χ1) is 10.6. The van der Waals surface area contributed by atoms with Gasteiger partial charge in [0, 0.05) is 26.2 Å². The van der Waals surface area contributed by atoms with E-state index in [4.69, 9.17) is 4.74 Å². The number of benzene rings is 1. The van der Waals surface area contributed by atoms with Gasteiger partial charge < -0.3 is 9.84 Å². The van der Waals surface area contributed by atoms with Crippen molar-refractivity contribution >= 4 is 9.39 Å². The highest BCUT2D eigenvalue weighted by atomic mass is 31.0. The van der Waals surface area contributed by atoms with E-state index < -0.39 is 5.60 Å². The normalized spacial score (nSPS) is 27.3. The molecule has 2 heterocycles.